The van der Waals surface area contributed by atoms with Crippen LogP contribution in [0.1, 0.15) is 57.2 Å². The lowest BCUT2D eigenvalue weighted by Gasteiger charge is -2.36. The van der Waals surface area contributed by atoms with E-state index in [1.807, 2.05) is 26.0 Å². The third kappa shape index (κ3) is 9.58. The maximum absolute atomic E-state index is 11.7. The van der Waals surface area contributed by atoms with Crippen LogP contribution in [-0.4, -0.2) is 71.3 Å². The van der Waals surface area contributed by atoms with E-state index in [2.05, 4.69) is 44.3 Å². The molecule has 4 heterocycles. The molecule has 0 aliphatic carbocycles. The van der Waals surface area contributed by atoms with Crippen LogP contribution in [0.2, 0.25) is 0 Å². The van der Waals surface area contributed by atoms with Crippen LogP contribution in [0.5, 0.6) is 0 Å². The van der Waals surface area contributed by atoms with Gasteiger partial charge in [-0.3, -0.25) is 9.59 Å². The number of amides is 2. The molecule has 10 nitrogen and oxygen atoms in total. The summed E-state index contributed by atoms with van der Waals surface area (Å²) in [7, 11) is 0. The summed E-state index contributed by atoms with van der Waals surface area (Å²) in [5.74, 6) is 1.37. The highest BCUT2D eigenvalue weighted by molar-refractivity contribution is 5.93. The number of aryl methyl sites for hydroxylation is 1. The number of aromatic nitrogens is 3. The highest BCUT2D eigenvalue weighted by atomic mass is 16.5. The van der Waals surface area contributed by atoms with Crippen LogP contribution in [0.25, 0.3) is 0 Å². The molecule has 3 unspecified atom stereocenters. The molecular formula is C25H38N6O4. The van der Waals surface area contributed by atoms with Crippen LogP contribution in [0.4, 0.5) is 11.5 Å². The maximum Gasteiger partial charge on any atom is 0.254 e. The van der Waals surface area contributed by atoms with Gasteiger partial charge in [0.25, 0.3) is 5.91 Å². The Morgan fingerprint density at radius 1 is 1.03 bits per heavy atom. The van der Waals surface area contributed by atoms with Gasteiger partial charge in [0.05, 0.1) is 42.3 Å². The summed E-state index contributed by atoms with van der Waals surface area (Å²) in [5, 5.41) is 5.58. The van der Waals surface area contributed by atoms with E-state index in [9.17, 15) is 9.59 Å². The van der Waals surface area contributed by atoms with Crippen molar-refractivity contribution in [2.45, 2.75) is 66.2 Å². The van der Waals surface area contributed by atoms with Gasteiger partial charge in [-0.05, 0) is 39.3 Å². The normalized spacial score (nSPS) is 21.1. The number of rotatable bonds is 4. The quantitative estimate of drug-likeness (QED) is 0.677. The molecule has 0 saturated carbocycles. The Bertz CT molecular complexity index is 907. The minimum absolute atomic E-state index is 0.0850. The molecule has 10 heteroatoms. The zero-order valence-electron chi connectivity index (χ0n) is 21.6. The van der Waals surface area contributed by atoms with Crippen LogP contribution in [0, 0.1) is 6.92 Å². The molecule has 192 valence electrons. The van der Waals surface area contributed by atoms with Crippen molar-refractivity contribution in [3.63, 3.8) is 0 Å². The fourth-order valence-corrected chi connectivity index (χ4v) is 3.64. The minimum atomic E-state index is -0.134. The van der Waals surface area contributed by atoms with Crippen LogP contribution < -0.4 is 15.5 Å². The van der Waals surface area contributed by atoms with Gasteiger partial charge in [0, 0.05) is 39.0 Å². The Morgan fingerprint density at radius 3 is 2.20 bits per heavy atom. The van der Waals surface area contributed by atoms with Gasteiger partial charge >= 0.3 is 0 Å². The van der Waals surface area contributed by atoms with E-state index < -0.39 is 0 Å². The average molecular weight is 487 g/mol. The molecule has 2 aliphatic heterocycles. The number of carbonyl (C=O) groups excluding carboxylic acids is 2. The molecule has 0 aromatic carbocycles. The lowest BCUT2D eigenvalue weighted by atomic mass is 10.2. The van der Waals surface area contributed by atoms with Crippen LogP contribution >= 0.6 is 0 Å². The van der Waals surface area contributed by atoms with Gasteiger partial charge < -0.3 is 25.0 Å². The van der Waals surface area contributed by atoms with Crippen LogP contribution in [0.3, 0.4) is 0 Å². The smallest absolute Gasteiger partial charge is 0.254 e. The molecule has 35 heavy (non-hydrogen) atoms. The van der Waals surface area contributed by atoms with Crippen molar-refractivity contribution in [2.24, 2.45) is 0 Å². The molecule has 3 atom stereocenters. The second-order valence-electron chi connectivity index (χ2n) is 8.30. The van der Waals surface area contributed by atoms with Crippen molar-refractivity contribution in [3.8, 4) is 0 Å². The van der Waals surface area contributed by atoms with E-state index >= 15 is 0 Å². The largest absolute Gasteiger partial charge is 0.379 e. The first-order valence-electron chi connectivity index (χ1n) is 12.1. The fraction of sp³-hybridized carbons (Fsp3) is 0.560. The van der Waals surface area contributed by atoms with E-state index in [0.29, 0.717) is 18.0 Å². The lowest BCUT2D eigenvalue weighted by molar-refractivity contribution is -0.114. The Kier molecular flexibility index (Phi) is 11.5. The van der Waals surface area contributed by atoms with Gasteiger partial charge in [0.2, 0.25) is 5.91 Å². The second-order valence-corrected chi connectivity index (χ2v) is 8.30. The summed E-state index contributed by atoms with van der Waals surface area (Å²) in [6, 6.07) is 3.92. The molecule has 2 N–H and O–H groups in total. The summed E-state index contributed by atoms with van der Waals surface area (Å²) in [6.07, 6.45) is 6.05. The Hall–Kier alpha value is -3.11. The van der Waals surface area contributed by atoms with E-state index in [1.54, 1.807) is 13.1 Å². The zero-order chi connectivity index (χ0) is 25.8. The second kappa shape index (κ2) is 14.3. The van der Waals surface area contributed by atoms with E-state index in [1.165, 1.54) is 19.3 Å². The molecule has 0 bridgehead atoms. The first kappa shape index (κ1) is 28.1. The fourth-order valence-electron chi connectivity index (χ4n) is 3.64. The Labute approximate surface area is 207 Å². The molecular weight excluding hydrogens is 448 g/mol. The summed E-state index contributed by atoms with van der Waals surface area (Å²) >= 11 is 0. The first-order chi connectivity index (χ1) is 16.8. The molecule has 2 aliphatic rings. The summed E-state index contributed by atoms with van der Waals surface area (Å²) in [4.78, 5) is 37.1. The Balaban J connectivity index is 0.000000234. The predicted molar refractivity (Wildman–Crippen MR) is 136 cm³/mol. The number of ether oxygens (including phenoxy) is 2. The van der Waals surface area contributed by atoms with Crippen molar-refractivity contribution in [3.05, 3.63) is 42.1 Å². The summed E-state index contributed by atoms with van der Waals surface area (Å²) in [5.41, 5.74) is 1.22. The van der Waals surface area contributed by atoms with E-state index in [-0.39, 0.29) is 30.1 Å². The third-order valence-electron chi connectivity index (χ3n) is 5.12. The zero-order valence-corrected chi connectivity index (χ0v) is 21.6. The van der Waals surface area contributed by atoms with E-state index in [0.717, 1.165) is 37.6 Å². The minimum Gasteiger partial charge on any atom is -0.379 e. The lowest BCUT2D eigenvalue weighted by Crippen LogP contribution is -2.45. The van der Waals surface area contributed by atoms with Gasteiger partial charge in [0.15, 0.2) is 0 Å². The Morgan fingerprint density at radius 2 is 1.69 bits per heavy atom. The number of pyridine rings is 1. The van der Waals surface area contributed by atoms with Crippen molar-refractivity contribution >= 4 is 23.3 Å². The molecule has 2 aromatic heterocycles. The summed E-state index contributed by atoms with van der Waals surface area (Å²) in [6.45, 7) is 14.4. The van der Waals surface area contributed by atoms with Gasteiger partial charge in [0.1, 0.15) is 11.6 Å². The first-order valence-corrected chi connectivity index (χ1v) is 12.1. The molecule has 4 rings (SSSR count). The number of morpholine rings is 1. The number of hydrogen-bond acceptors (Lipinski definition) is 8. The van der Waals surface area contributed by atoms with Crippen molar-refractivity contribution in [1.29, 1.82) is 0 Å². The molecule has 2 aromatic rings. The third-order valence-corrected chi connectivity index (χ3v) is 5.12. The van der Waals surface area contributed by atoms with E-state index in [4.69, 9.17) is 9.47 Å². The SMILES string of the molecule is CC.CC(=O)Nc1ccc(N2CC(C)OC(C)C2)nc1.Cc1ncc(C(=O)NC2CCOC2)cn1. The monoisotopic (exact) mass is 486 g/mol. The standard InChI is InChI=1S/C13H19N3O2.C10H13N3O2.C2H6/c1-9-7-16(8-10(2)18-9)13-5-4-12(6-14-13)15-11(3)17;1-7-11-4-8(5-12-7)10(14)13-9-2-3-15-6-9;1-2/h4-6,9-10H,7-8H2,1-3H3,(H,15,17);4-5,9H,2-3,6H2,1H3,(H,13,14);1-2H3. The number of carbonyl (C=O) groups is 2. The topological polar surface area (TPSA) is 119 Å². The van der Waals surface area contributed by atoms with Crippen LogP contribution in [-0.2, 0) is 14.3 Å². The molecule has 0 spiro atoms. The highest BCUT2D eigenvalue weighted by Gasteiger charge is 2.23. The number of nitrogens with zero attached hydrogens (tertiary/aromatic N) is 4. The maximum atomic E-state index is 11.7. The van der Waals surface area contributed by atoms with Gasteiger partial charge in [-0.15, -0.1) is 0 Å². The number of hydrogen-bond donors (Lipinski definition) is 2. The van der Waals surface area contributed by atoms with Crippen molar-refractivity contribution in [1.82, 2.24) is 20.3 Å². The van der Waals surface area contributed by atoms with Crippen LogP contribution in [0.15, 0.2) is 30.7 Å². The average Bonchev–Trinajstić information content (AvgIpc) is 3.34. The number of anilines is 2. The van der Waals surface area contributed by atoms with Crippen molar-refractivity contribution < 1.29 is 19.1 Å². The molecule has 2 saturated heterocycles. The molecule has 2 fully saturated rings. The summed E-state index contributed by atoms with van der Waals surface area (Å²) < 4.78 is 10.9. The van der Waals surface area contributed by atoms with Gasteiger partial charge in [-0.2, -0.15) is 0 Å². The van der Waals surface area contributed by atoms with Gasteiger partial charge in [-0.25, -0.2) is 15.0 Å². The predicted octanol–water partition coefficient (Wildman–Crippen LogP) is 2.98. The molecule has 0 radical (unpaired) electrons. The van der Waals surface area contributed by atoms with Crippen molar-refractivity contribution in [2.75, 3.05) is 36.5 Å². The highest BCUT2D eigenvalue weighted by Crippen LogP contribution is 2.19. The number of nitrogens with one attached hydrogen (secondary N) is 2. The molecule has 2 amide bonds. The van der Waals surface area contributed by atoms with Gasteiger partial charge in [-0.1, -0.05) is 13.8 Å².